The highest BCUT2D eigenvalue weighted by Gasteiger charge is 2.29. The van der Waals surface area contributed by atoms with E-state index in [1.807, 2.05) is 32.0 Å². The molecule has 2 aromatic rings. The number of amides is 3. The summed E-state index contributed by atoms with van der Waals surface area (Å²) in [5, 5.41) is 7.28. The molecule has 10 nitrogen and oxygen atoms in total. The maximum absolute atomic E-state index is 12.9. The van der Waals surface area contributed by atoms with Crippen LogP contribution in [0.2, 0.25) is 0 Å². The van der Waals surface area contributed by atoms with Gasteiger partial charge in [-0.25, -0.2) is 9.78 Å². The molecule has 1 fully saturated rings. The molecule has 1 saturated carbocycles. The molecule has 1 aromatic carbocycles. The number of hydrogen-bond donors (Lipinski definition) is 3. The number of ether oxygens (including phenoxy) is 3. The first kappa shape index (κ1) is 27.0. The fraction of sp³-hybridized carbons (Fsp3) is 0.538. The van der Waals surface area contributed by atoms with Crippen LogP contribution in [0.4, 0.5) is 4.79 Å². The summed E-state index contributed by atoms with van der Waals surface area (Å²) in [5.74, 6) is -0.0771. The van der Waals surface area contributed by atoms with Gasteiger partial charge in [0.15, 0.2) is 6.10 Å². The fourth-order valence-electron chi connectivity index (χ4n) is 4.21. The van der Waals surface area contributed by atoms with Crippen molar-refractivity contribution in [1.82, 2.24) is 15.6 Å². The average molecular weight is 501 g/mol. The second kappa shape index (κ2) is 12.9. The monoisotopic (exact) mass is 500 g/mol. The number of primary amides is 1. The lowest BCUT2D eigenvalue weighted by molar-refractivity contribution is -0.132. The summed E-state index contributed by atoms with van der Waals surface area (Å²) in [5.41, 5.74) is 5.35. The number of hydrogen-bond acceptors (Lipinski definition) is 7. The van der Waals surface area contributed by atoms with Gasteiger partial charge in [0.05, 0.1) is 13.7 Å². The molecule has 196 valence electrons. The Bertz CT molecular complexity index is 1050. The predicted molar refractivity (Wildman–Crippen MR) is 135 cm³/mol. The van der Waals surface area contributed by atoms with Crippen LogP contribution in [0.5, 0.6) is 11.6 Å². The molecule has 3 amide bonds. The number of benzene rings is 1. The molecular formula is C26H36N4O6. The van der Waals surface area contributed by atoms with Crippen molar-refractivity contribution >= 4 is 28.7 Å². The Morgan fingerprint density at radius 2 is 1.92 bits per heavy atom. The van der Waals surface area contributed by atoms with Gasteiger partial charge in [-0.2, -0.15) is 0 Å². The zero-order chi connectivity index (χ0) is 26.1. The smallest absolute Gasteiger partial charge is 0.408 e. The fourth-order valence-corrected chi connectivity index (χ4v) is 4.21. The van der Waals surface area contributed by atoms with Crippen LogP contribution in [-0.4, -0.2) is 54.8 Å². The second-order valence-corrected chi connectivity index (χ2v) is 9.39. The second-order valence-electron chi connectivity index (χ2n) is 9.39. The van der Waals surface area contributed by atoms with E-state index in [0.29, 0.717) is 11.6 Å². The number of rotatable bonds is 12. The summed E-state index contributed by atoms with van der Waals surface area (Å²) in [7, 11) is 1.59. The van der Waals surface area contributed by atoms with Gasteiger partial charge >= 0.3 is 6.09 Å². The van der Waals surface area contributed by atoms with Crippen molar-refractivity contribution in [1.29, 1.82) is 0 Å². The number of carbonyl (C=O) groups excluding carboxylic acids is 3. The van der Waals surface area contributed by atoms with Crippen LogP contribution in [0.3, 0.4) is 0 Å². The van der Waals surface area contributed by atoms with Gasteiger partial charge < -0.3 is 30.6 Å². The van der Waals surface area contributed by atoms with E-state index < -0.39 is 30.1 Å². The molecule has 0 radical (unpaired) electrons. The molecular weight excluding hydrogens is 464 g/mol. The molecule has 1 aromatic heterocycles. The number of fused-ring (bicyclic) bond motifs is 1. The molecule has 0 saturated heterocycles. The standard InChI is InChI=1S/C26H36N4O6/c1-16(2)23(36-26(33)30-18-6-4-5-7-18)24(32)29-15-20(9-11-22(27)31)35-25-21-10-8-19(34-3)14-17(21)12-13-28-25/h8,10,12-14,16,18,20,23H,4-7,9,11,15H2,1-3H3,(H2,27,31)(H,29,32)(H,30,33)/t20-,23+/m1/s1. The highest BCUT2D eigenvalue weighted by Crippen LogP contribution is 2.28. The molecule has 3 rings (SSSR count). The average Bonchev–Trinajstić information content (AvgIpc) is 3.36. The summed E-state index contributed by atoms with van der Waals surface area (Å²) < 4.78 is 16.9. The maximum Gasteiger partial charge on any atom is 0.408 e. The Morgan fingerprint density at radius 3 is 2.58 bits per heavy atom. The number of carbonyl (C=O) groups is 3. The van der Waals surface area contributed by atoms with Crippen LogP contribution >= 0.6 is 0 Å². The van der Waals surface area contributed by atoms with Crippen LogP contribution in [0.25, 0.3) is 10.8 Å². The van der Waals surface area contributed by atoms with Crippen LogP contribution in [-0.2, 0) is 14.3 Å². The minimum Gasteiger partial charge on any atom is -0.497 e. The van der Waals surface area contributed by atoms with E-state index in [1.54, 1.807) is 19.4 Å². The molecule has 1 aliphatic carbocycles. The number of nitrogens with zero attached hydrogens (tertiary/aromatic N) is 1. The van der Waals surface area contributed by atoms with Crippen molar-refractivity contribution in [2.75, 3.05) is 13.7 Å². The van der Waals surface area contributed by atoms with E-state index in [2.05, 4.69) is 15.6 Å². The number of nitrogens with one attached hydrogen (secondary N) is 2. The number of aromatic nitrogens is 1. The van der Waals surface area contributed by atoms with Gasteiger partial charge in [0.1, 0.15) is 11.9 Å². The summed E-state index contributed by atoms with van der Waals surface area (Å²) in [6.07, 6.45) is 3.82. The van der Waals surface area contributed by atoms with Crippen LogP contribution in [0, 0.1) is 5.92 Å². The van der Waals surface area contributed by atoms with Crippen molar-refractivity contribution in [2.45, 2.75) is 70.6 Å². The topological polar surface area (TPSA) is 142 Å². The Kier molecular flexibility index (Phi) is 9.72. The van der Waals surface area contributed by atoms with Crippen molar-refractivity contribution in [3.05, 3.63) is 30.5 Å². The van der Waals surface area contributed by atoms with E-state index in [0.717, 1.165) is 36.5 Å². The lowest BCUT2D eigenvalue weighted by atomic mass is 10.1. The number of pyridine rings is 1. The maximum atomic E-state index is 12.9. The van der Waals surface area contributed by atoms with Crippen molar-refractivity contribution in [2.24, 2.45) is 11.7 Å². The number of alkyl carbamates (subject to hydrolysis) is 1. The summed E-state index contributed by atoms with van der Waals surface area (Å²) >= 11 is 0. The van der Waals surface area contributed by atoms with Gasteiger partial charge in [0, 0.05) is 24.0 Å². The Morgan fingerprint density at radius 1 is 1.17 bits per heavy atom. The third-order valence-corrected chi connectivity index (χ3v) is 6.21. The summed E-state index contributed by atoms with van der Waals surface area (Å²) in [4.78, 5) is 41.0. The van der Waals surface area contributed by atoms with Crippen LogP contribution < -0.4 is 25.8 Å². The lowest BCUT2D eigenvalue weighted by Crippen LogP contribution is -2.47. The summed E-state index contributed by atoms with van der Waals surface area (Å²) in [6.45, 7) is 3.70. The highest BCUT2D eigenvalue weighted by atomic mass is 16.6. The van der Waals surface area contributed by atoms with Gasteiger partial charge in [-0.15, -0.1) is 0 Å². The van der Waals surface area contributed by atoms with E-state index in [1.165, 1.54) is 0 Å². The van der Waals surface area contributed by atoms with Crippen molar-refractivity contribution in [3.63, 3.8) is 0 Å². The Hall–Kier alpha value is -3.56. The first-order valence-corrected chi connectivity index (χ1v) is 12.4. The molecule has 4 N–H and O–H groups in total. The lowest BCUT2D eigenvalue weighted by Gasteiger charge is -2.24. The number of nitrogens with two attached hydrogens (primary N) is 1. The molecule has 0 bridgehead atoms. The zero-order valence-electron chi connectivity index (χ0n) is 21.1. The van der Waals surface area contributed by atoms with Gasteiger partial charge in [-0.1, -0.05) is 26.7 Å². The van der Waals surface area contributed by atoms with Crippen molar-refractivity contribution in [3.8, 4) is 11.6 Å². The molecule has 1 heterocycles. The van der Waals surface area contributed by atoms with Crippen LogP contribution in [0.1, 0.15) is 52.4 Å². The Labute approximate surface area is 211 Å². The van der Waals surface area contributed by atoms with Crippen molar-refractivity contribution < 1.29 is 28.6 Å². The first-order valence-electron chi connectivity index (χ1n) is 12.4. The minimum absolute atomic E-state index is 0.0764. The third-order valence-electron chi connectivity index (χ3n) is 6.21. The van der Waals surface area contributed by atoms with Gasteiger partial charge in [0.2, 0.25) is 11.8 Å². The predicted octanol–water partition coefficient (Wildman–Crippen LogP) is 3.07. The third kappa shape index (κ3) is 7.73. The van der Waals surface area contributed by atoms with Gasteiger partial charge in [-0.3, -0.25) is 9.59 Å². The molecule has 1 aliphatic rings. The SMILES string of the molecule is COc1ccc2c(O[C@H](CCC(N)=O)CNC(=O)[C@@H](OC(=O)NC3CCCC3)C(C)C)nccc2c1. The van der Waals surface area contributed by atoms with E-state index in [-0.39, 0.29) is 31.3 Å². The Balaban J connectivity index is 1.66. The van der Waals surface area contributed by atoms with Gasteiger partial charge in [0.25, 0.3) is 5.91 Å². The molecule has 2 atom stereocenters. The zero-order valence-corrected chi connectivity index (χ0v) is 21.1. The quantitative estimate of drug-likeness (QED) is 0.406. The summed E-state index contributed by atoms with van der Waals surface area (Å²) in [6, 6.07) is 7.44. The molecule has 0 aliphatic heterocycles. The van der Waals surface area contributed by atoms with E-state index >= 15 is 0 Å². The van der Waals surface area contributed by atoms with E-state index in [4.69, 9.17) is 19.9 Å². The first-order chi connectivity index (χ1) is 17.3. The van der Waals surface area contributed by atoms with Crippen LogP contribution in [0.15, 0.2) is 30.5 Å². The molecule has 0 spiro atoms. The molecule has 10 heteroatoms. The normalized spacial score (nSPS) is 15.3. The molecule has 36 heavy (non-hydrogen) atoms. The largest absolute Gasteiger partial charge is 0.497 e. The van der Waals surface area contributed by atoms with Gasteiger partial charge in [-0.05, 0) is 54.8 Å². The molecule has 0 unspecified atom stereocenters. The van der Waals surface area contributed by atoms with E-state index in [9.17, 15) is 14.4 Å². The minimum atomic E-state index is -0.966. The highest BCUT2D eigenvalue weighted by molar-refractivity contribution is 5.88. The number of methoxy groups -OCH3 is 1.